The highest BCUT2D eigenvalue weighted by Gasteiger charge is 2.76. The summed E-state index contributed by atoms with van der Waals surface area (Å²) in [7, 11) is 1.47. The molecule has 2 aromatic heterocycles. The van der Waals surface area contributed by atoms with Crippen LogP contribution >= 0.6 is 0 Å². The molecule has 0 radical (unpaired) electrons. The molecule has 3 saturated heterocycles. The minimum Gasteiger partial charge on any atom is -0.491 e. The summed E-state index contributed by atoms with van der Waals surface area (Å²) >= 11 is 0. The van der Waals surface area contributed by atoms with E-state index in [2.05, 4.69) is 32.1 Å². The number of carbonyl (C=O) groups excluding carboxylic acids is 4. The first-order valence-electron chi connectivity index (χ1n) is 24.5. The van der Waals surface area contributed by atoms with Crippen molar-refractivity contribution in [1.29, 1.82) is 0 Å². The smallest absolute Gasteiger partial charge is 0.421 e. The number of aromatic nitrogens is 5. The molecular formula is C56H51N9O9. The van der Waals surface area contributed by atoms with Gasteiger partial charge >= 0.3 is 12.1 Å². The summed E-state index contributed by atoms with van der Waals surface area (Å²) in [6.07, 6.45) is 1.39. The number of cyclic esters (lactones) is 1. The van der Waals surface area contributed by atoms with Crippen molar-refractivity contribution in [2.45, 2.75) is 36.2 Å². The van der Waals surface area contributed by atoms with E-state index in [-0.39, 0.29) is 57.3 Å². The Kier molecular flexibility index (Phi) is 13.3. The molecule has 7 aromatic rings. The monoisotopic (exact) mass is 993 g/mol. The first kappa shape index (κ1) is 47.8. The molecule has 3 amide bonds. The molecular weight excluding hydrogens is 943 g/mol. The second-order valence-electron chi connectivity index (χ2n) is 18.3. The van der Waals surface area contributed by atoms with Crippen molar-refractivity contribution in [3.05, 3.63) is 174 Å². The molecule has 4 aliphatic heterocycles. The average molecular weight is 994 g/mol. The van der Waals surface area contributed by atoms with E-state index in [9.17, 15) is 9.90 Å². The Morgan fingerprint density at radius 1 is 0.784 bits per heavy atom. The van der Waals surface area contributed by atoms with Crippen LogP contribution in [-0.4, -0.2) is 130 Å². The molecule has 18 nitrogen and oxygen atoms in total. The summed E-state index contributed by atoms with van der Waals surface area (Å²) in [6, 6.07) is 37.0. The maximum Gasteiger partial charge on any atom is 0.421 e. The van der Waals surface area contributed by atoms with Crippen molar-refractivity contribution in [3.63, 3.8) is 0 Å². The summed E-state index contributed by atoms with van der Waals surface area (Å²) in [5, 5.41) is 18.5. The van der Waals surface area contributed by atoms with E-state index >= 15 is 14.4 Å². The van der Waals surface area contributed by atoms with Gasteiger partial charge in [0.25, 0.3) is 0 Å². The van der Waals surface area contributed by atoms with Crippen LogP contribution in [0.1, 0.15) is 46.0 Å². The number of rotatable bonds is 12. The maximum atomic E-state index is 16.7. The Balaban J connectivity index is 1.15. The van der Waals surface area contributed by atoms with Gasteiger partial charge in [-0.3, -0.25) is 19.3 Å². The lowest BCUT2D eigenvalue weighted by molar-refractivity contribution is -0.179. The fourth-order valence-electron chi connectivity index (χ4n) is 11.2. The number of fused-ring (bicyclic) bond motifs is 4. The highest BCUT2D eigenvalue weighted by Crippen LogP contribution is 2.66. The summed E-state index contributed by atoms with van der Waals surface area (Å²) in [6.45, 7) is 0.847. The molecule has 74 heavy (non-hydrogen) atoms. The van der Waals surface area contributed by atoms with Crippen LogP contribution in [0.4, 0.5) is 16.4 Å². The molecule has 0 bridgehead atoms. The normalized spacial score (nSPS) is 22.2. The number of para-hydroxylation sites is 1. The third-order valence-electron chi connectivity index (χ3n) is 14.3. The van der Waals surface area contributed by atoms with Crippen molar-refractivity contribution in [2.75, 3.05) is 69.5 Å². The number of carbonyl (C=O) groups is 4. The largest absolute Gasteiger partial charge is 0.491 e. The molecule has 11 rings (SSSR count). The molecule has 1 spiro atoms. The SMILES string of the molecule is COCCOC(=O)N1C(=O)[C@@]2(c3cc(C#CCn4nnc5ccccc54)ccc31)[C@H](C(=O)N1CCN(c3ncccn3)CC1)[C@H]1C(=O)O[C@H](c3ccccc3)[C@H](c3ccccc3)N1[C@@H]2c1cccc(OCCO)c1. The number of ether oxygens (including phenoxy) is 4. The van der Waals surface area contributed by atoms with Crippen LogP contribution in [0.5, 0.6) is 5.75 Å². The molecule has 0 saturated carbocycles. The number of benzene rings is 5. The van der Waals surface area contributed by atoms with E-state index in [0.717, 1.165) is 16.0 Å². The third kappa shape index (κ3) is 8.43. The molecule has 1 N–H and O–H groups in total. The van der Waals surface area contributed by atoms with Gasteiger partial charge < -0.3 is 33.9 Å². The van der Waals surface area contributed by atoms with E-state index in [0.29, 0.717) is 47.0 Å². The number of esters is 1. The number of hydrogen-bond acceptors (Lipinski definition) is 15. The Hall–Kier alpha value is -8.50. The van der Waals surface area contributed by atoms with Gasteiger partial charge in [-0.1, -0.05) is 102 Å². The van der Waals surface area contributed by atoms with E-state index < -0.39 is 59.4 Å². The zero-order valence-electron chi connectivity index (χ0n) is 40.3. The number of aliphatic hydroxyl groups excluding tert-OH is 1. The van der Waals surface area contributed by atoms with Gasteiger partial charge in [-0.2, -0.15) is 0 Å². The Labute approximate surface area is 426 Å². The molecule has 18 heteroatoms. The molecule has 374 valence electrons. The number of morpholine rings is 1. The van der Waals surface area contributed by atoms with Gasteiger partial charge in [0, 0.05) is 51.2 Å². The van der Waals surface area contributed by atoms with Gasteiger partial charge in [0.05, 0.1) is 42.4 Å². The Morgan fingerprint density at radius 3 is 2.27 bits per heavy atom. The minimum absolute atomic E-state index is 0.0307. The zero-order valence-corrected chi connectivity index (χ0v) is 40.3. The number of piperazine rings is 1. The fourth-order valence-corrected chi connectivity index (χ4v) is 11.2. The van der Waals surface area contributed by atoms with Gasteiger partial charge in [-0.15, -0.1) is 5.10 Å². The highest BCUT2D eigenvalue weighted by atomic mass is 16.6. The average Bonchev–Trinajstić information content (AvgIpc) is 4.09. The van der Waals surface area contributed by atoms with Crippen molar-refractivity contribution in [1.82, 2.24) is 34.8 Å². The van der Waals surface area contributed by atoms with E-state index in [1.807, 2.05) is 101 Å². The topological polar surface area (TPSA) is 195 Å². The first-order valence-corrected chi connectivity index (χ1v) is 24.5. The number of amides is 3. The number of aliphatic hydroxyl groups is 1. The van der Waals surface area contributed by atoms with E-state index in [1.165, 1.54) is 7.11 Å². The van der Waals surface area contributed by atoms with Crippen molar-refractivity contribution in [2.24, 2.45) is 5.92 Å². The molecule has 5 aromatic carbocycles. The molecule has 4 aliphatic rings. The van der Waals surface area contributed by atoms with Crippen LogP contribution in [0.3, 0.4) is 0 Å². The van der Waals surface area contributed by atoms with E-state index in [1.54, 1.807) is 64.4 Å². The lowest BCUT2D eigenvalue weighted by Gasteiger charge is -2.46. The predicted molar refractivity (Wildman–Crippen MR) is 269 cm³/mol. The van der Waals surface area contributed by atoms with Crippen LogP contribution in [0.25, 0.3) is 11.0 Å². The second kappa shape index (κ2) is 20.5. The van der Waals surface area contributed by atoms with Crippen LogP contribution in [0.2, 0.25) is 0 Å². The van der Waals surface area contributed by atoms with Crippen molar-refractivity contribution in [3.8, 4) is 17.6 Å². The van der Waals surface area contributed by atoms with Crippen LogP contribution < -0.4 is 14.5 Å². The third-order valence-corrected chi connectivity index (χ3v) is 14.3. The molecule has 3 fully saturated rings. The lowest BCUT2D eigenvalue weighted by atomic mass is 9.64. The van der Waals surface area contributed by atoms with Gasteiger partial charge in [-0.25, -0.2) is 24.3 Å². The maximum absolute atomic E-state index is 16.7. The lowest BCUT2D eigenvalue weighted by Crippen LogP contribution is -2.59. The summed E-state index contributed by atoms with van der Waals surface area (Å²) in [5.74, 6) is 3.87. The fraction of sp³-hybridized carbons (Fsp3) is 0.286. The van der Waals surface area contributed by atoms with Crippen molar-refractivity contribution < 1.29 is 43.2 Å². The van der Waals surface area contributed by atoms with Crippen LogP contribution in [0.15, 0.2) is 146 Å². The predicted octanol–water partition coefficient (Wildman–Crippen LogP) is 5.44. The second-order valence-corrected chi connectivity index (χ2v) is 18.3. The number of nitrogens with zero attached hydrogens (tertiary/aromatic N) is 9. The van der Waals surface area contributed by atoms with Crippen LogP contribution in [0, 0.1) is 17.8 Å². The van der Waals surface area contributed by atoms with Gasteiger partial charge in [0.15, 0.2) is 0 Å². The van der Waals surface area contributed by atoms with Gasteiger partial charge in [0.1, 0.15) is 48.6 Å². The number of anilines is 2. The summed E-state index contributed by atoms with van der Waals surface area (Å²) in [4.78, 5) is 78.9. The number of imide groups is 1. The number of hydrogen-bond donors (Lipinski definition) is 1. The zero-order chi connectivity index (χ0) is 50.8. The molecule has 0 unspecified atom stereocenters. The quantitative estimate of drug-likeness (QED) is 0.0923. The molecule has 6 heterocycles. The summed E-state index contributed by atoms with van der Waals surface area (Å²) < 4.78 is 25.4. The summed E-state index contributed by atoms with van der Waals surface area (Å²) in [5.41, 5.74) is 2.30. The van der Waals surface area contributed by atoms with Crippen molar-refractivity contribution >= 4 is 46.5 Å². The molecule has 0 aliphatic carbocycles. The Morgan fingerprint density at radius 2 is 1.51 bits per heavy atom. The first-order chi connectivity index (χ1) is 36.3. The molecule has 6 atom stereocenters. The number of methoxy groups -OCH3 is 1. The highest BCUT2D eigenvalue weighted by molar-refractivity contribution is 6.23. The van der Waals surface area contributed by atoms with E-state index in [4.69, 9.17) is 18.9 Å². The minimum atomic E-state index is -2.07. The van der Waals surface area contributed by atoms with Crippen LogP contribution in [-0.2, 0) is 40.6 Å². The standard InChI is InChI=1S/C56H51N9O9/c1-71-33-34-73-55(70)64-44-23-22-37(13-11-26-63-45-21-9-8-20-43(45)59-60-63)35-42(44)56(53(64)69)46(51(67)61-27-29-62(30-28-61)54-57-24-12-25-58-54)48-52(68)74-49(39-16-6-3-7-17-39)47(38-14-4-2-5-15-38)65(48)50(56)40-18-10-19-41(36-40)72-32-31-66/h2-10,12,14-25,35-36,46-50,66H,26-34H2,1H3/t46-,47-,48-,49+,50+,56-/m0/s1. The Bertz CT molecular complexity index is 3270. The van der Waals surface area contributed by atoms with Gasteiger partial charge in [-0.05, 0) is 70.8 Å². The van der Waals surface area contributed by atoms with Gasteiger partial charge in [0.2, 0.25) is 17.8 Å².